The molecule has 0 aliphatic carbocycles. The Morgan fingerprint density at radius 3 is 2.81 bits per heavy atom. The molecule has 26 heavy (non-hydrogen) atoms. The maximum Gasteiger partial charge on any atom is 0.238 e. The summed E-state index contributed by atoms with van der Waals surface area (Å²) in [4.78, 5) is 13.1. The highest BCUT2D eigenvalue weighted by molar-refractivity contribution is 7.99. The van der Waals surface area contributed by atoms with Crippen molar-refractivity contribution in [2.75, 3.05) is 11.1 Å². The maximum absolute atomic E-state index is 12.1. The molecule has 136 valence electrons. The fourth-order valence-corrected chi connectivity index (χ4v) is 4.15. The molecule has 0 fully saturated rings. The zero-order valence-corrected chi connectivity index (χ0v) is 16.1. The van der Waals surface area contributed by atoms with Gasteiger partial charge in [-0.15, -0.1) is 21.5 Å². The third kappa shape index (κ3) is 4.30. The van der Waals surface area contributed by atoms with E-state index in [-0.39, 0.29) is 16.6 Å². The Morgan fingerprint density at radius 1 is 1.31 bits per heavy atom. The molecular formula is C15H15N5O3S3. The number of thioether (sulfide) groups is 1. The molecule has 3 aromatic rings. The SMILES string of the molecule is Cn1c(SCC(=O)Nc2cccc(S(N)(=O)=O)c2)nnc1-c1cccs1. The Morgan fingerprint density at radius 2 is 2.12 bits per heavy atom. The molecule has 8 nitrogen and oxygen atoms in total. The Kier molecular flexibility index (Phi) is 5.41. The Hall–Kier alpha value is -2.21. The molecule has 0 radical (unpaired) electrons. The fraction of sp³-hybridized carbons (Fsp3) is 0.133. The first-order valence-corrected chi connectivity index (χ1v) is 10.7. The van der Waals surface area contributed by atoms with Gasteiger partial charge in [0.1, 0.15) is 0 Å². The number of hydrogen-bond donors (Lipinski definition) is 2. The van der Waals surface area contributed by atoms with E-state index in [2.05, 4.69) is 15.5 Å². The summed E-state index contributed by atoms with van der Waals surface area (Å²) >= 11 is 2.80. The van der Waals surface area contributed by atoms with Crippen LogP contribution in [0.4, 0.5) is 5.69 Å². The van der Waals surface area contributed by atoms with Gasteiger partial charge >= 0.3 is 0 Å². The molecule has 1 amide bonds. The average molecular weight is 410 g/mol. The minimum atomic E-state index is -3.82. The quantitative estimate of drug-likeness (QED) is 0.600. The lowest BCUT2D eigenvalue weighted by Gasteiger charge is -2.06. The smallest absolute Gasteiger partial charge is 0.238 e. The van der Waals surface area contributed by atoms with Crippen molar-refractivity contribution < 1.29 is 13.2 Å². The predicted octanol–water partition coefficient (Wildman–Crippen LogP) is 1.92. The van der Waals surface area contributed by atoms with Crippen molar-refractivity contribution >= 4 is 44.7 Å². The molecule has 0 saturated heterocycles. The summed E-state index contributed by atoms with van der Waals surface area (Å²) in [5.41, 5.74) is 0.361. The summed E-state index contributed by atoms with van der Waals surface area (Å²) < 4.78 is 24.6. The predicted molar refractivity (Wildman–Crippen MR) is 101 cm³/mol. The summed E-state index contributed by atoms with van der Waals surface area (Å²) in [6.45, 7) is 0. The van der Waals surface area contributed by atoms with Gasteiger partial charge in [-0.1, -0.05) is 23.9 Å². The zero-order chi connectivity index (χ0) is 18.7. The number of aromatic nitrogens is 3. The largest absolute Gasteiger partial charge is 0.325 e. The molecule has 0 unspecified atom stereocenters. The number of carbonyl (C=O) groups is 1. The van der Waals surface area contributed by atoms with E-state index in [1.54, 1.807) is 17.4 Å². The van der Waals surface area contributed by atoms with E-state index in [1.807, 2.05) is 29.1 Å². The van der Waals surface area contributed by atoms with E-state index in [9.17, 15) is 13.2 Å². The molecule has 11 heteroatoms. The van der Waals surface area contributed by atoms with Gasteiger partial charge < -0.3 is 9.88 Å². The van der Waals surface area contributed by atoms with Crippen LogP contribution in [0.15, 0.2) is 51.8 Å². The second-order valence-corrected chi connectivity index (χ2v) is 8.70. The van der Waals surface area contributed by atoms with E-state index in [0.29, 0.717) is 10.8 Å². The van der Waals surface area contributed by atoms with Crippen molar-refractivity contribution in [1.29, 1.82) is 0 Å². The van der Waals surface area contributed by atoms with Crippen LogP contribution in [0.3, 0.4) is 0 Å². The summed E-state index contributed by atoms with van der Waals surface area (Å²) in [5, 5.41) is 18.6. The average Bonchev–Trinajstić information content (AvgIpc) is 3.22. The molecule has 0 spiro atoms. The number of nitrogens with two attached hydrogens (primary N) is 1. The van der Waals surface area contributed by atoms with E-state index in [1.165, 1.54) is 30.0 Å². The van der Waals surface area contributed by atoms with Gasteiger partial charge in [0.2, 0.25) is 15.9 Å². The number of hydrogen-bond acceptors (Lipinski definition) is 7. The first kappa shape index (κ1) is 18.6. The van der Waals surface area contributed by atoms with Gasteiger partial charge in [-0.05, 0) is 29.6 Å². The zero-order valence-electron chi connectivity index (χ0n) is 13.6. The third-order valence-corrected chi connectivity index (χ3v) is 6.15. The lowest BCUT2D eigenvalue weighted by molar-refractivity contribution is -0.113. The number of anilines is 1. The van der Waals surface area contributed by atoms with E-state index >= 15 is 0 Å². The lowest BCUT2D eigenvalue weighted by atomic mass is 10.3. The molecular weight excluding hydrogens is 394 g/mol. The van der Waals surface area contributed by atoms with Crippen LogP contribution in [0.2, 0.25) is 0 Å². The van der Waals surface area contributed by atoms with Crippen LogP contribution in [-0.2, 0) is 21.9 Å². The maximum atomic E-state index is 12.1. The number of nitrogens with zero attached hydrogens (tertiary/aromatic N) is 3. The minimum absolute atomic E-state index is 0.0585. The van der Waals surface area contributed by atoms with Crippen molar-refractivity contribution in [1.82, 2.24) is 14.8 Å². The summed E-state index contributed by atoms with van der Waals surface area (Å²) in [5.74, 6) is 0.557. The molecule has 0 aliphatic heterocycles. The number of carbonyl (C=O) groups excluding carboxylic acids is 1. The fourth-order valence-electron chi connectivity index (χ4n) is 2.14. The van der Waals surface area contributed by atoms with Crippen LogP contribution in [0.1, 0.15) is 0 Å². The third-order valence-electron chi connectivity index (χ3n) is 3.36. The first-order chi connectivity index (χ1) is 12.3. The van der Waals surface area contributed by atoms with Gasteiger partial charge in [-0.3, -0.25) is 4.79 Å². The van der Waals surface area contributed by atoms with Crippen molar-refractivity contribution in [3.05, 3.63) is 41.8 Å². The summed E-state index contributed by atoms with van der Waals surface area (Å²) in [7, 11) is -1.98. The summed E-state index contributed by atoms with van der Waals surface area (Å²) in [6, 6.07) is 9.67. The molecule has 0 bridgehead atoms. The standard InChI is InChI=1S/C15H15N5O3S3/c1-20-14(12-6-3-7-24-12)18-19-15(20)25-9-13(21)17-10-4-2-5-11(8-10)26(16,22)23/h2-8H,9H2,1H3,(H,17,21)(H2,16,22,23). The number of thiophene rings is 1. The Balaban J connectivity index is 1.63. The molecule has 3 N–H and O–H groups in total. The second-order valence-electron chi connectivity index (χ2n) is 5.25. The number of rotatable bonds is 6. The molecule has 3 rings (SSSR count). The van der Waals surface area contributed by atoms with Gasteiger partial charge in [-0.2, -0.15) is 0 Å². The van der Waals surface area contributed by atoms with Crippen LogP contribution >= 0.6 is 23.1 Å². The Bertz CT molecular complexity index is 1030. The normalized spacial score (nSPS) is 11.5. The lowest BCUT2D eigenvalue weighted by Crippen LogP contribution is -2.16. The van der Waals surface area contributed by atoms with Crippen LogP contribution in [0.5, 0.6) is 0 Å². The van der Waals surface area contributed by atoms with Crippen molar-refractivity contribution in [3.63, 3.8) is 0 Å². The first-order valence-electron chi connectivity index (χ1n) is 7.33. The number of nitrogens with one attached hydrogen (secondary N) is 1. The minimum Gasteiger partial charge on any atom is -0.325 e. The van der Waals surface area contributed by atoms with Crippen molar-refractivity contribution in [2.24, 2.45) is 12.2 Å². The summed E-state index contributed by atoms with van der Waals surface area (Å²) in [6.07, 6.45) is 0. The van der Waals surface area contributed by atoms with Gasteiger partial charge in [0.15, 0.2) is 11.0 Å². The monoisotopic (exact) mass is 409 g/mol. The van der Waals surface area contributed by atoms with Crippen LogP contribution < -0.4 is 10.5 Å². The van der Waals surface area contributed by atoms with E-state index in [0.717, 1.165) is 10.7 Å². The highest BCUT2D eigenvalue weighted by atomic mass is 32.2. The van der Waals surface area contributed by atoms with E-state index < -0.39 is 10.0 Å². The molecule has 2 aromatic heterocycles. The van der Waals surface area contributed by atoms with Crippen LogP contribution in [-0.4, -0.2) is 34.8 Å². The topological polar surface area (TPSA) is 120 Å². The molecule has 1 aromatic carbocycles. The van der Waals surface area contributed by atoms with Gasteiger partial charge in [-0.25, -0.2) is 13.6 Å². The second kappa shape index (κ2) is 7.58. The van der Waals surface area contributed by atoms with Gasteiger partial charge in [0.25, 0.3) is 0 Å². The number of amides is 1. The Labute approximate surface area is 158 Å². The molecule has 0 aliphatic rings. The van der Waals surface area contributed by atoms with E-state index in [4.69, 9.17) is 5.14 Å². The number of benzene rings is 1. The molecule has 0 atom stereocenters. The number of primary sulfonamides is 1. The van der Waals surface area contributed by atoms with Crippen molar-refractivity contribution in [2.45, 2.75) is 10.1 Å². The highest BCUT2D eigenvalue weighted by Crippen LogP contribution is 2.26. The highest BCUT2D eigenvalue weighted by Gasteiger charge is 2.14. The van der Waals surface area contributed by atoms with Crippen molar-refractivity contribution in [3.8, 4) is 10.7 Å². The van der Waals surface area contributed by atoms with Crippen LogP contribution in [0, 0.1) is 0 Å². The molecule has 2 heterocycles. The van der Waals surface area contributed by atoms with Crippen LogP contribution in [0.25, 0.3) is 10.7 Å². The van der Waals surface area contributed by atoms with Gasteiger partial charge in [0.05, 0.1) is 15.5 Å². The van der Waals surface area contributed by atoms with Gasteiger partial charge in [0, 0.05) is 12.7 Å². The molecule has 0 saturated carbocycles. The number of sulfonamides is 1.